The number of carbonyl (C=O) groups excluding carboxylic acids is 1. The maximum Gasteiger partial charge on any atom is 0.405 e. The third kappa shape index (κ3) is 6.60. The molecule has 0 aliphatic carbocycles. The van der Waals surface area contributed by atoms with Crippen molar-refractivity contribution in [3.8, 4) is 28.1 Å². The highest BCUT2D eigenvalue weighted by Gasteiger charge is 2.45. The SMILES string of the molecule is COc1cccc(-c2cccc(-c3nc(C(=O)NCC(F)(F)F)cc4c3[C@H](CCO)N([S+]([O-])C(C)(C)C)C4)c2)c1. The second-order valence-corrected chi connectivity index (χ2v) is 12.7. The van der Waals surface area contributed by atoms with Crippen molar-refractivity contribution < 1.29 is 32.4 Å². The Hall–Kier alpha value is -3.12. The molecule has 2 aromatic carbocycles. The second kappa shape index (κ2) is 11.8. The number of hydrogen-bond acceptors (Lipinski definition) is 6. The van der Waals surface area contributed by atoms with Gasteiger partial charge in [0.05, 0.1) is 25.4 Å². The molecule has 1 unspecified atom stereocenters. The van der Waals surface area contributed by atoms with Crippen molar-refractivity contribution in [2.75, 3.05) is 20.3 Å². The van der Waals surface area contributed by atoms with Crippen LogP contribution < -0.4 is 10.1 Å². The highest BCUT2D eigenvalue weighted by Crippen LogP contribution is 2.45. The van der Waals surface area contributed by atoms with Gasteiger partial charge in [0.1, 0.15) is 22.7 Å². The van der Waals surface area contributed by atoms with Gasteiger partial charge in [0.15, 0.2) is 0 Å². The molecule has 11 heteroatoms. The summed E-state index contributed by atoms with van der Waals surface area (Å²) in [5.41, 5.74) is 3.90. The van der Waals surface area contributed by atoms with Crippen molar-refractivity contribution in [3.63, 3.8) is 0 Å². The molecule has 0 saturated heterocycles. The Morgan fingerprint density at radius 2 is 1.77 bits per heavy atom. The van der Waals surface area contributed by atoms with E-state index in [4.69, 9.17) is 4.74 Å². The van der Waals surface area contributed by atoms with Gasteiger partial charge < -0.3 is 19.7 Å². The van der Waals surface area contributed by atoms with E-state index in [9.17, 15) is 27.6 Å². The van der Waals surface area contributed by atoms with Crippen molar-refractivity contribution in [3.05, 3.63) is 71.4 Å². The number of methoxy groups -OCH3 is 1. The van der Waals surface area contributed by atoms with E-state index < -0.39 is 40.8 Å². The lowest BCUT2D eigenvalue weighted by Crippen LogP contribution is -2.42. The van der Waals surface area contributed by atoms with Crippen molar-refractivity contribution in [2.45, 2.75) is 50.7 Å². The van der Waals surface area contributed by atoms with Gasteiger partial charge in [-0.3, -0.25) is 4.79 Å². The summed E-state index contributed by atoms with van der Waals surface area (Å²) >= 11 is -1.47. The topological polar surface area (TPSA) is 97.8 Å². The Kier molecular flexibility index (Phi) is 8.79. The lowest BCUT2D eigenvalue weighted by Gasteiger charge is -2.33. The molecule has 0 fully saturated rings. The number of pyridine rings is 1. The van der Waals surface area contributed by atoms with Crippen LogP contribution in [0.4, 0.5) is 13.2 Å². The number of nitrogens with one attached hydrogen (secondary N) is 1. The van der Waals surface area contributed by atoms with E-state index in [1.807, 2.05) is 74.6 Å². The summed E-state index contributed by atoms with van der Waals surface area (Å²) < 4.78 is 58.5. The number of halogens is 3. The van der Waals surface area contributed by atoms with E-state index in [1.54, 1.807) is 11.4 Å². The minimum Gasteiger partial charge on any atom is -0.597 e. The number of amides is 1. The molecule has 40 heavy (non-hydrogen) atoms. The fourth-order valence-corrected chi connectivity index (χ4v) is 6.13. The van der Waals surface area contributed by atoms with Crippen LogP contribution in [0.1, 0.15) is 54.8 Å². The summed E-state index contributed by atoms with van der Waals surface area (Å²) in [6.07, 6.45) is -4.31. The number of hydrogen-bond donors (Lipinski definition) is 2. The fourth-order valence-electron chi connectivity index (χ4n) is 4.73. The number of nitrogens with zero attached hydrogens (tertiary/aromatic N) is 2. The molecule has 2 N–H and O–H groups in total. The van der Waals surface area contributed by atoms with Gasteiger partial charge in [-0.1, -0.05) is 30.3 Å². The molecule has 0 radical (unpaired) electrons. The summed E-state index contributed by atoms with van der Waals surface area (Å²) in [4.78, 5) is 17.4. The Morgan fingerprint density at radius 1 is 1.12 bits per heavy atom. The van der Waals surface area contributed by atoms with Crippen molar-refractivity contribution >= 4 is 17.3 Å². The van der Waals surface area contributed by atoms with Gasteiger partial charge in [0, 0.05) is 29.1 Å². The van der Waals surface area contributed by atoms with E-state index in [1.165, 1.54) is 6.07 Å². The molecular weight excluding hydrogens is 543 g/mol. The smallest absolute Gasteiger partial charge is 0.405 e. The molecule has 1 aromatic heterocycles. The van der Waals surface area contributed by atoms with Crippen molar-refractivity contribution in [1.82, 2.24) is 14.6 Å². The number of rotatable bonds is 8. The van der Waals surface area contributed by atoms with E-state index >= 15 is 0 Å². The minimum atomic E-state index is -4.58. The fraction of sp³-hybridized carbons (Fsp3) is 0.379. The lowest BCUT2D eigenvalue weighted by molar-refractivity contribution is -0.123. The highest BCUT2D eigenvalue weighted by atomic mass is 32.2. The molecule has 2 atom stereocenters. The van der Waals surface area contributed by atoms with Crippen LogP contribution in [0.15, 0.2) is 54.6 Å². The molecule has 1 amide bonds. The van der Waals surface area contributed by atoms with Crippen LogP contribution >= 0.6 is 0 Å². The highest BCUT2D eigenvalue weighted by molar-refractivity contribution is 7.90. The Balaban J connectivity index is 1.87. The van der Waals surface area contributed by atoms with Gasteiger partial charge >= 0.3 is 6.18 Å². The number of benzene rings is 2. The van der Waals surface area contributed by atoms with Crippen LogP contribution in [0.25, 0.3) is 22.4 Å². The van der Waals surface area contributed by atoms with Crippen molar-refractivity contribution in [2.24, 2.45) is 0 Å². The van der Waals surface area contributed by atoms with Crippen LogP contribution in [0.2, 0.25) is 0 Å². The molecule has 1 aliphatic rings. The van der Waals surface area contributed by atoms with Crippen LogP contribution in [0.3, 0.4) is 0 Å². The van der Waals surface area contributed by atoms with Crippen LogP contribution in [0.5, 0.6) is 5.75 Å². The normalized spacial score (nSPS) is 16.5. The van der Waals surface area contributed by atoms with E-state index in [0.29, 0.717) is 28.1 Å². The molecule has 0 spiro atoms. The number of carbonyl (C=O) groups is 1. The largest absolute Gasteiger partial charge is 0.597 e. The van der Waals surface area contributed by atoms with Gasteiger partial charge in [0.25, 0.3) is 5.91 Å². The first-order chi connectivity index (χ1) is 18.8. The van der Waals surface area contributed by atoms with E-state index in [0.717, 1.165) is 11.1 Å². The molecule has 7 nitrogen and oxygen atoms in total. The van der Waals surface area contributed by atoms with Crippen LogP contribution in [-0.2, 0) is 17.9 Å². The molecule has 0 bridgehead atoms. The third-order valence-electron chi connectivity index (χ3n) is 6.51. The van der Waals surface area contributed by atoms with Gasteiger partial charge in [0.2, 0.25) is 0 Å². The molecule has 214 valence electrons. The number of aliphatic hydroxyl groups is 1. The zero-order valence-corrected chi connectivity index (χ0v) is 23.5. The van der Waals surface area contributed by atoms with Gasteiger partial charge in [-0.25, -0.2) is 4.98 Å². The first kappa shape index (κ1) is 29.9. The third-order valence-corrected chi connectivity index (χ3v) is 8.37. The predicted octanol–water partition coefficient (Wildman–Crippen LogP) is 5.42. The van der Waals surface area contributed by atoms with Gasteiger partial charge in [-0.2, -0.15) is 13.2 Å². The molecular formula is C29H32F3N3O4S. The Bertz CT molecular complexity index is 1380. The lowest BCUT2D eigenvalue weighted by atomic mass is 9.94. The number of ether oxygens (including phenoxy) is 1. The molecule has 3 aromatic rings. The average molecular weight is 576 g/mol. The quantitative estimate of drug-likeness (QED) is 0.349. The number of aromatic nitrogens is 1. The molecule has 0 saturated carbocycles. The number of fused-ring (bicyclic) bond motifs is 1. The number of alkyl halides is 3. The Labute approximate surface area is 234 Å². The maximum absolute atomic E-state index is 13.5. The monoisotopic (exact) mass is 575 g/mol. The molecule has 4 rings (SSSR count). The summed E-state index contributed by atoms with van der Waals surface area (Å²) in [6, 6.07) is 15.9. The first-order valence-corrected chi connectivity index (χ1v) is 13.9. The van der Waals surface area contributed by atoms with Crippen molar-refractivity contribution in [1.29, 1.82) is 0 Å². The Morgan fingerprint density at radius 3 is 2.40 bits per heavy atom. The van der Waals surface area contributed by atoms with E-state index in [-0.39, 0.29) is 25.3 Å². The van der Waals surface area contributed by atoms with Crippen LogP contribution in [0, 0.1) is 0 Å². The van der Waals surface area contributed by atoms with Gasteiger partial charge in [-0.05, 0) is 68.1 Å². The molecule has 2 heterocycles. The standard InChI is InChI=1S/C29H32F3N3O4S/c1-28(2,3)40(38)35-16-21-15-23(27(37)33-17-29(30,31)32)34-26(25(21)24(35)11-12-36)20-9-5-7-18(13-20)19-8-6-10-22(14-19)39-4/h5-10,13-15,24,36H,11-12,16-17H2,1-4H3,(H,33,37)/t24-,40?/m0/s1. The minimum absolute atomic E-state index is 0.170. The number of aliphatic hydroxyl groups excluding tert-OH is 1. The summed E-state index contributed by atoms with van der Waals surface area (Å²) in [6.45, 7) is 4.05. The van der Waals surface area contributed by atoms with Gasteiger partial charge in [-0.15, -0.1) is 4.31 Å². The summed E-state index contributed by atoms with van der Waals surface area (Å²) in [7, 11) is 1.58. The van der Waals surface area contributed by atoms with E-state index in [2.05, 4.69) is 4.98 Å². The molecule has 1 aliphatic heterocycles. The first-order valence-electron chi connectivity index (χ1n) is 12.8. The summed E-state index contributed by atoms with van der Waals surface area (Å²) in [5, 5.41) is 11.8. The maximum atomic E-state index is 13.5. The van der Waals surface area contributed by atoms with Crippen LogP contribution in [-0.4, -0.2) is 56.0 Å². The predicted molar refractivity (Wildman–Crippen MR) is 148 cm³/mol. The zero-order valence-electron chi connectivity index (χ0n) is 22.7. The zero-order chi connectivity index (χ0) is 29.2. The second-order valence-electron chi connectivity index (χ2n) is 10.5. The summed E-state index contributed by atoms with van der Waals surface area (Å²) in [5.74, 6) is -0.284. The average Bonchev–Trinajstić information content (AvgIpc) is 3.28.